The number of anilines is 1. The molecule has 2 aliphatic rings. The Morgan fingerprint density at radius 1 is 1.30 bits per heavy atom. The van der Waals surface area contributed by atoms with Crippen molar-refractivity contribution in [1.29, 1.82) is 0 Å². The standard InChI is InChI=1S/C21H22N6O4S2/c1-2-31-18-11-22-10-16(24-18)13-3-6-15(23-9-13)19(28)26-21(7-8-21)17-12-32-20(25-17)27(33(29)30)14-4-5-14/h3,6,9-12,14H,2,4-5,7-8H2,1H3,(H,26,28)(H,29,30). The molecule has 172 valence electrons. The van der Waals surface area contributed by atoms with Crippen LogP contribution in [0.15, 0.2) is 36.1 Å². The first-order chi connectivity index (χ1) is 16.0. The quantitative estimate of drug-likeness (QED) is 0.442. The molecule has 2 fully saturated rings. The smallest absolute Gasteiger partial charge is 0.270 e. The van der Waals surface area contributed by atoms with E-state index in [0.29, 0.717) is 29.0 Å². The van der Waals surface area contributed by atoms with Crippen molar-refractivity contribution >= 4 is 33.6 Å². The zero-order valence-corrected chi connectivity index (χ0v) is 19.4. The van der Waals surface area contributed by atoms with Crippen molar-refractivity contribution in [3.63, 3.8) is 0 Å². The molecule has 12 heteroatoms. The number of pyridine rings is 1. The van der Waals surface area contributed by atoms with Gasteiger partial charge in [0.05, 0.1) is 35.9 Å². The molecule has 0 radical (unpaired) electrons. The predicted molar refractivity (Wildman–Crippen MR) is 123 cm³/mol. The van der Waals surface area contributed by atoms with Gasteiger partial charge in [0.25, 0.3) is 17.2 Å². The number of aromatic nitrogens is 4. The summed E-state index contributed by atoms with van der Waals surface area (Å²) in [4.78, 5) is 30.3. The number of amides is 1. The first-order valence-electron chi connectivity index (χ1n) is 10.6. The molecule has 1 unspecified atom stereocenters. The number of thiazole rings is 1. The average Bonchev–Trinajstić information content (AvgIpc) is 3.74. The Bertz CT molecular complexity index is 1190. The average molecular weight is 487 g/mol. The maximum absolute atomic E-state index is 12.9. The van der Waals surface area contributed by atoms with E-state index in [1.165, 1.54) is 15.6 Å². The fraction of sp³-hybridized carbons (Fsp3) is 0.381. The Balaban J connectivity index is 1.29. The van der Waals surface area contributed by atoms with Crippen LogP contribution in [0.25, 0.3) is 11.3 Å². The molecule has 0 aliphatic heterocycles. The van der Waals surface area contributed by atoms with Gasteiger partial charge in [0.15, 0.2) is 5.13 Å². The third-order valence-electron chi connectivity index (χ3n) is 5.52. The summed E-state index contributed by atoms with van der Waals surface area (Å²) in [6.45, 7) is 2.37. The summed E-state index contributed by atoms with van der Waals surface area (Å²) in [7, 11) is 0. The van der Waals surface area contributed by atoms with Crippen molar-refractivity contribution in [1.82, 2.24) is 25.3 Å². The minimum Gasteiger partial charge on any atom is -0.477 e. The van der Waals surface area contributed by atoms with Gasteiger partial charge in [-0.15, -0.1) is 11.3 Å². The highest BCUT2D eigenvalue weighted by Gasteiger charge is 2.48. The highest BCUT2D eigenvalue weighted by molar-refractivity contribution is 7.81. The zero-order chi connectivity index (χ0) is 23.0. The third-order valence-corrected chi connectivity index (χ3v) is 7.28. The Morgan fingerprint density at radius 3 is 2.76 bits per heavy atom. The number of carbonyl (C=O) groups excluding carboxylic acids is 1. The van der Waals surface area contributed by atoms with E-state index >= 15 is 0 Å². The van der Waals surface area contributed by atoms with Crippen LogP contribution in [-0.2, 0) is 16.8 Å². The molecule has 0 saturated heterocycles. The van der Waals surface area contributed by atoms with Gasteiger partial charge in [-0.05, 0) is 44.7 Å². The summed E-state index contributed by atoms with van der Waals surface area (Å²) in [6.07, 6.45) is 8.01. The number of hydrogen-bond donors (Lipinski definition) is 2. The normalized spacial score (nSPS) is 17.3. The third kappa shape index (κ3) is 4.59. The van der Waals surface area contributed by atoms with Gasteiger partial charge in [-0.1, -0.05) is 0 Å². The second kappa shape index (κ2) is 8.76. The molecule has 0 bridgehead atoms. The van der Waals surface area contributed by atoms with Crippen LogP contribution in [0, 0.1) is 0 Å². The highest BCUT2D eigenvalue weighted by Crippen LogP contribution is 2.47. The van der Waals surface area contributed by atoms with Crippen LogP contribution in [0.5, 0.6) is 5.88 Å². The van der Waals surface area contributed by atoms with E-state index in [-0.39, 0.29) is 17.6 Å². The molecule has 0 aromatic carbocycles. The largest absolute Gasteiger partial charge is 0.477 e. The number of carbonyl (C=O) groups is 1. The van der Waals surface area contributed by atoms with Gasteiger partial charge in [-0.3, -0.25) is 19.3 Å². The lowest BCUT2D eigenvalue weighted by atomic mass is 10.1. The van der Waals surface area contributed by atoms with Gasteiger partial charge in [-0.2, -0.15) is 0 Å². The molecule has 2 N–H and O–H groups in total. The van der Waals surface area contributed by atoms with Crippen molar-refractivity contribution in [3.8, 4) is 17.1 Å². The molecular weight excluding hydrogens is 464 g/mol. The molecule has 33 heavy (non-hydrogen) atoms. The lowest BCUT2D eigenvalue weighted by Crippen LogP contribution is -2.35. The molecule has 1 amide bonds. The second-order valence-electron chi connectivity index (χ2n) is 7.95. The first-order valence-corrected chi connectivity index (χ1v) is 12.5. The molecule has 3 aromatic heterocycles. The van der Waals surface area contributed by atoms with Gasteiger partial charge in [-0.25, -0.2) is 18.5 Å². The maximum Gasteiger partial charge on any atom is 0.270 e. The van der Waals surface area contributed by atoms with Crippen LogP contribution in [0.2, 0.25) is 0 Å². The lowest BCUT2D eigenvalue weighted by Gasteiger charge is -2.17. The van der Waals surface area contributed by atoms with E-state index in [4.69, 9.17) is 4.74 Å². The number of nitrogens with zero attached hydrogens (tertiary/aromatic N) is 5. The van der Waals surface area contributed by atoms with E-state index in [0.717, 1.165) is 31.2 Å². The molecule has 0 spiro atoms. The number of nitrogens with one attached hydrogen (secondary N) is 1. The molecule has 3 heterocycles. The summed E-state index contributed by atoms with van der Waals surface area (Å²) in [5, 5.41) is 5.41. The van der Waals surface area contributed by atoms with E-state index in [1.807, 2.05) is 12.3 Å². The molecule has 3 aromatic rings. The number of hydrogen-bond acceptors (Lipinski definition) is 8. The Hall–Kier alpha value is -2.96. The van der Waals surface area contributed by atoms with Crippen LogP contribution in [0.3, 0.4) is 0 Å². The second-order valence-corrected chi connectivity index (χ2v) is 9.64. The molecule has 1 atom stereocenters. The fourth-order valence-electron chi connectivity index (χ4n) is 3.48. The van der Waals surface area contributed by atoms with Crippen molar-refractivity contribution in [2.45, 2.75) is 44.2 Å². The first kappa shape index (κ1) is 21.9. The summed E-state index contributed by atoms with van der Waals surface area (Å²) >= 11 is -0.790. The molecule has 5 rings (SSSR count). The minimum atomic E-state index is -2.11. The highest BCUT2D eigenvalue weighted by atomic mass is 32.2. The van der Waals surface area contributed by atoms with E-state index in [9.17, 15) is 13.6 Å². The summed E-state index contributed by atoms with van der Waals surface area (Å²) < 4.78 is 28.1. The molecule has 2 saturated carbocycles. The Labute approximate surface area is 196 Å². The van der Waals surface area contributed by atoms with Crippen molar-refractivity contribution in [2.24, 2.45) is 0 Å². The minimum absolute atomic E-state index is 0.0567. The van der Waals surface area contributed by atoms with Gasteiger partial charge >= 0.3 is 0 Å². The van der Waals surface area contributed by atoms with E-state index in [2.05, 4.69) is 25.3 Å². The molecule has 10 nitrogen and oxygen atoms in total. The monoisotopic (exact) mass is 486 g/mol. The van der Waals surface area contributed by atoms with Gasteiger partial charge in [0, 0.05) is 23.2 Å². The zero-order valence-electron chi connectivity index (χ0n) is 17.8. The van der Waals surface area contributed by atoms with Crippen LogP contribution >= 0.6 is 11.3 Å². The summed E-state index contributed by atoms with van der Waals surface area (Å²) in [6, 6.07) is 3.47. The van der Waals surface area contributed by atoms with Gasteiger partial charge < -0.3 is 10.1 Å². The van der Waals surface area contributed by atoms with Crippen LogP contribution in [-0.4, -0.2) is 47.3 Å². The number of rotatable bonds is 9. The van der Waals surface area contributed by atoms with Gasteiger partial charge in [0.2, 0.25) is 5.88 Å². The number of ether oxygens (including phenoxy) is 1. The van der Waals surface area contributed by atoms with Crippen molar-refractivity contribution in [2.75, 3.05) is 10.9 Å². The molecule has 2 aliphatic carbocycles. The van der Waals surface area contributed by atoms with Crippen LogP contribution in [0.1, 0.15) is 48.8 Å². The van der Waals surface area contributed by atoms with Crippen molar-refractivity contribution in [3.05, 3.63) is 47.5 Å². The summed E-state index contributed by atoms with van der Waals surface area (Å²) in [5.41, 5.74) is 1.77. The van der Waals surface area contributed by atoms with Gasteiger partial charge in [0.1, 0.15) is 5.69 Å². The van der Waals surface area contributed by atoms with Crippen LogP contribution in [0.4, 0.5) is 5.13 Å². The predicted octanol–water partition coefficient (Wildman–Crippen LogP) is 2.92. The maximum atomic E-state index is 12.9. The Morgan fingerprint density at radius 2 is 2.12 bits per heavy atom. The lowest BCUT2D eigenvalue weighted by molar-refractivity contribution is 0.0925. The SMILES string of the molecule is CCOc1cncc(-c2ccc(C(=O)NC3(c4csc(N(C5CC5)S(=O)O)n4)CC3)nc2)n1. The van der Waals surface area contributed by atoms with Crippen LogP contribution < -0.4 is 14.4 Å². The Kier molecular flexibility index (Phi) is 5.81. The topological polar surface area (TPSA) is 130 Å². The van der Waals surface area contributed by atoms with E-state index in [1.54, 1.807) is 30.7 Å². The van der Waals surface area contributed by atoms with Crippen molar-refractivity contribution < 1.29 is 18.3 Å². The summed E-state index contributed by atoms with van der Waals surface area (Å²) in [5.74, 6) is 0.132. The fourth-order valence-corrected chi connectivity index (χ4v) is 5.34. The van der Waals surface area contributed by atoms with E-state index < -0.39 is 16.8 Å². The molecular formula is C21H22N6O4S2.